The molecule has 18 heavy (non-hydrogen) atoms. The van der Waals surface area contributed by atoms with Crippen LogP contribution < -0.4 is 4.74 Å². The molecule has 3 heterocycles. The summed E-state index contributed by atoms with van der Waals surface area (Å²) in [6, 6.07) is 4.07. The molecule has 0 radical (unpaired) electrons. The maximum absolute atomic E-state index is 5.80. The molecule has 4 nitrogen and oxygen atoms in total. The minimum absolute atomic E-state index is 0.113. The molecule has 0 aromatic carbocycles. The maximum Gasteiger partial charge on any atom is 0.224 e. The molecule has 0 saturated carbocycles. The van der Waals surface area contributed by atoms with Crippen LogP contribution in [0.25, 0.3) is 0 Å². The molecule has 3 rings (SSSR count). The van der Waals surface area contributed by atoms with Gasteiger partial charge in [0, 0.05) is 24.4 Å². The average Bonchev–Trinajstić information content (AvgIpc) is 2.67. The highest BCUT2D eigenvalue weighted by Crippen LogP contribution is 2.31. The second-order valence-corrected chi connectivity index (χ2v) is 5.68. The zero-order valence-electron chi connectivity index (χ0n) is 11.0. The van der Waals surface area contributed by atoms with Crippen LogP contribution in [-0.2, 0) is 18.4 Å². The summed E-state index contributed by atoms with van der Waals surface area (Å²) < 4.78 is 7.67. The van der Waals surface area contributed by atoms with Gasteiger partial charge in [0.1, 0.15) is 0 Å². The number of fused-ring (bicyclic) bond motifs is 2. The minimum atomic E-state index is 0.113. The summed E-state index contributed by atoms with van der Waals surface area (Å²) in [5.74, 6) is 1.48. The Morgan fingerprint density at radius 2 is 2.17 bits per heavy atom. The Morgan fingerprint density at radius 1 is 1.33 bits per heavy atom. The summed E-state index contributed by atoms with van der Waals surface area (Å²) in [6.45, 7) is 7.42. The second-order valence-electron chi connectivity index (χ2n) is 5.68. The quantitative estimate of drug-likeness (QED) is 0.714. The number of hydrogen-bond acceptors (Lipinski definition) is 3. The molecule has 4 heteroatoms. The van der Waals surface area contributed by atoms with Crippen LogP contribution in [0.2, 0.25) is 0 Å². The summed E-state index contributed by atoms with van der Waals surface area (Å²) in [5.41, 5.74) is 2.51. The first-order valence-electron chi connectivity index (χ1n) is 6.23. The maximum atomic E-state index is 5.80. The van der Waals surface area contributed by atoms with Gasteiger partial charge in [0.2, 0.25) is 11.8 Å². The van der Waals surface area contributed by atoms with Crippen molar-refractivity contribution in [3.05, 3.63) is 35.7 Å². The Bertz CT molecular complexity index is 581. The van der Waals surface area contributed by atoms with E-state index in [4.69, 9.17) is 4.74 Å². The topological polar surface area (TPSA) is 39.9 Å². The van der Waals surface area contributed by atoms with Gasteiger partial charge in [-0.1, -0.05) is 20.8 Å². The van der Waals surface area contributed by atoms with Gasteiger partial charge in [-0.3, -0.25) is 0 Å². The summed E-state index contributed by atoms with van der Waals surface area (Å²) in [4.78, 5) is 4.46. The van der Waals surface area contributed by atoms with E-state index in [-0.39, 0.29) is 5.41 Å². The predicted molar refractivity (Wildman–Crippen MR) is 68.9 cm³/mol. The molecule has 0 aliphatic carbocycles. The van der Waals surface area contributed by atoms with Crippen molar-refractivity contribution in [3.8, 4) is 11.8 Å². The van der Waals surface area contributed by atoms with Crippen LogP contribution in [0.15, 0.2) is 24.5 Å². The Kier molecular flexibility index (Phi) is 2.40. The Morgan fingerprint density at radius 3 is 2.94 bits per heavy atom. The molecule has 0 N–H and O–H groups in total. The van der Waals surface area contributed by atoms with Crippen molar-refractivity contribution in [2.75, 3.05) is 0 Å². The first-order chi connectivity index (χ1) is 8.54. The van der Waals surface area contributed by atoms with Crippen molar-refractivity contribution < 1.29 is 4.74 Å². The molecule has 1 aliphatic rings. The number of nitrogens with zero attached hydrogens (tertiary/aromatic N) is 3. The van der Waals surface area contributed by atoms with Crippen molar-refractivity contribution in [1.82, 2.24) is 14.8 Å². The van der Waals surface area contributed by atoms with E-state index in [1.807, 2.05) is 16.9 Å². The second kappa shape index (κ2) is 3.83. The van der Waals surface area contributed by atoms with Gasteiger partial charge in [-0.25, -0.2) is 9.67 Å². The van der Waals surface area contributed by atoms with Crippen LogP contribution >= 0.6 is 0 Å². The summed E-state index contributed by atoms with van der Waals surface area (Å²) in [5, 5.41) is 4.23. The molecule has 0 saturated heterocycles. The van der Waals surface area contributed by atoms with E-state index < -0.39 is 0 Å². The summed E-state index contributed by atoms with van der Waals surface area (Å²) in [6.07, 6.45) is 4.57. The zero-order valence-corrected chi connectivity index (χ0v) is 11.0. The van der Waals surface area contributed by atoms with Gasteiger partial charge in [-0.05, 0) is 23.5 Å². The van der Waals surface area contributed by atoms with Crippen molar-refractivity contribution >= 4 is 0 Å². The number of ether oxygens (including phenoxy) is 1. The van der Waals surface area contributed by atoms with Gasteiger partial charge in [-0.15, -0.1) is 0 Å². The van der Waals surface area contributed by atoms with Crippen molar-refractivity contribution in [1.29, 1.82) is 0 Å². The predicted octanol–water partition coefficient (Wildman–Crippen LogP) is 2.92. The molecular weight excluding hydrogens is 226 g/mol. The lowest BCUT2D eigenvalue weighted by Gasteiger charge is -2.19. The fourth-order valence-corrected chi connectivity index (χ4v) is 2.08. The van der Waals surface area contributed by atoms with Crippen molar-refractivity contribution in [2.24, 2.45) is 0 Å². The van der Waals surface area contributed by atoms with Crippen LogP contribution in [0.4, 0.5) is 0 Å². The third-order valence-electron chi connectivity index (χ3n) is 3.26. The number of aryl methyl sites for hydroxylation is 2. The van der Waals surface area contributed by atoms with Crippen LogP contribution in [0.3, 0.4) is 0 Å². The highest BCUT2D eigenvalue weighted by molar-refractivity contribution is 5.36. The molecule has 0 atom stereocenters. The number of aromatic nitrogens is 3. The third kappa shape index (κ3) is 1.88. The van der Waals surface area contributed by atoms with E-state index in [9.17, 15) is 0 Å². The Balaban J connectivity index is 2.01. The fourth-order valence-electron chi connectivity index (χ4n) is 2.08. The molecule has 0 bridgehead atoms. The Hall–Kier alpha value is -1.84. The highest BCUT2D eigenvalue weighted by Gasteiger charge is 2.20. The molecule has 1 aliphatic heterocycles. The normalized spacial score (nSPS) is 14.4. The van der Waals surface area contributed by atoms with Gasteiger partial charge < -0.3 is 4.74 Å². The average molecular weight is 243 g/mol. The molecule has 94 valence electrons. The highest BCUT2D eigenvalue weighted by atomic mass is 16.5. The largest absolute Gasteiger partial charge is 0.421 e. The van der Waals surface area contributed by atoms with Crippen LogP contribution in [0.1, 0.15) is 31.9 Å². The van der Waals surface area contributed by atoms with E-state index in [0.717, 1.165) is 24.4 Å². The lowest BCUT2D eigenvalue weighted by molar-refractivity contribution is 0.414. The lowest BCUT2D eigenvalue weighted by atomic mass is 9.87. The lowest BCUT2D eigenvalue weighted by Crippen LogP contribution is -2.12. The fraction of sp³-hybridized carbons (Fsp3) is 0.429. The van der Waals surface area contributed by atoms with Crippen molar-refractivity contribution in [2.45, 2.75) is 39.2 Å². The SMILES string of the molecule is CC(C)(C)c1cnc2c(c1)CCn1nccc1O2. The Labute approximate surface area is 107 Å². The molecule has 2 aromatic rings. The molecule has 2 aromatic heterocycles. The monoisotopic (exact) mass is 243 g/mol. The van der Waals surface area contributed by atoms with Gasteiger partial charge in [0.05, 0.1) is 6.20 Å². The molecule has 0 amide bonds. The molecule has 0 spiro atoms. The first kappa shape index (κ1) is 11.3. The smallest absolute Gasteiger partial charge is 0.224 e. The van der Waals surface area contributed by atoms with E-state index >= 15 is 0 Å². The van der Waals surface area contributed by atoms with Crippen LogP contribution in [0, 0.1) is 0 Å². The first-order valence-corrected chi connectivity index (χ1v) is 6.23. The van der Waals surface area contributed by atoms with Gasteiger partial charge in [-0.2, -0.15) is 5.10 Å². The van der Waals surface area contributed by atoms with E-state index in [1.165, 1.54) is 5.56 Å². The minimum Gasteiger partial charge on any atom is -0.421 e. The molecule has 0 unspecified atom stereocenters. The standard InChI is InChI=1S/C14H17N3O/c1-14(2,3)11-8-10-5-7-17-12(4-6-16-17)18-13(10)15-9-11/h4,6,8-9H,5,7H2,1-3H3. The van der Waals surface area contributed by atoms with Gasteiger partial charge >= 0.3 is 0 Å². The number of hydrogen-bond donors (Lipinski definition) is 0. The van der Waals surface area contributed by atoms with Crippen LogP contribution in [-0.4, -0.2) is 14.8 Å². The van der Waals surface area contributed by atoms with E-state index in [1.54, 1.807) is 6.20 Å². The number of rotatable bonds is 0. The summed E-state index contributed by atoms with van der Waals surface area (Å²) in [7, 11) is 0. The zero-order chi connectivity index (χ0) is 12.8. The third-order valence-corrected chi connectivity index (χ3v) is 3.26. The van der Waals surface area contributed by atoms with Crippen molar-refractivity contribution in [3.63, 3.8) is 0 Å². The number of pyridine rings is 1. The van der Waals surface area contributed by atoms with Gasteiger partial charge in [0.15, 0.2) is 0 Å². The molecule has 0 fully saturated rings. The summed E-state index contributed by atoms with van der Waals surface area (Å²) >= 11 is 0. The van der Waals surface area contributed by atoms with E-state index in [0.29, 0.717) is 5.88 Å². The van der Waals surface area contributed by atoms with Gasteiger partial charge in [0.25, 0.3) is 0 Å². The molecular formula is C14H17N3O. The van der Waals surface area contributed by atoms with Crippen LogP contribution in [0.5, 0.6) is 11.8 Å². The van der Waals surface area contributed by atoms with E-state index in [2.05, 4.69) is 36.9 Å².